The Bertz CT molecular complexity index is 1360. The van der Waals surface area contributed by atoms with Crippen molar-refractivity contribution in [2.75, 3.05) is 42.5 Å². The highest BCUT2D eigenvalue weighted by molar-refractivity contribution is 5.96. The van der Waals surface area contributed by atoms with Gasteiger partial charge in [-0.05, 0) is 30.5 Å². The number of fused-ring (bicyclic) bond motifs is 1. The van der Waals surface area contributed by atoms with Crippen LogP contribution in [0.3, 0.4) is 0 Å². The first-order valence-electron chi connectivity index (χ1n) is 11.3. The third-order valence-electron chi connectivity index (χ3n) is 6.54. The van der Waals surface area contributed by atoms with Crippen LogP contribution < -0.4 is 26.5 Å². The zero-order valence-corrected chi connectivity index (χ0v) is 18.8. The predicted molar refractivity (Wildman–Crippen MR) is 128 cm³/mol. The molecule has 0 atom stereocenters. The van der Waals surface area contributed by atoms with E-state index in [1.165, 1.54) is 10.8 Å². The summed E-state index contributed by atoms with van der Waals surface area (Å²) in [6.45, 7) is 2.56. The number of hydrogen-bond donors (Lipinski definition) is 3. The molecule has 0 spiro atoms. The molecule has 2 aromatic carbocycles. The molecular formula is C24H25F2N5O4. The lowest BCUT2D eigenvalue weighted by Crippen LogP contribution is -2.46. The minimum Gasteiger partial charge on any atom is -0.449 e. The average Bonchev–Trinajstić information content (AvgIpc) is 3.66. The van der Waals surface area contributed by atoms with Crippen LogP contribution in [0, 0.1) is 11.6 Å². The summed E-state index contributed by atoms with van der Waals surface area (Å²) < 4.78 is 37.4. The van der Waals surface area contributed by atoms with E-state index in [1.807, 2.05) is 24.3 Å². The molecule has 0 radical (unpaired) electrons. The van der Waals surface area contributed by atoms with Crippen molar-refractivity contribution >= 4 is 34.1 Å². The number of piperazine rings is 1. The fraction of sp³-hybridized carbons (Fsp3) is 0.333. The number of rotatable bonds is 5. The number of benzene rings is 2. The number of carboxylic acid groups (broad SMARTS) is 1. The van der Waals surface area contributed by atoms with E-state index in [0.717, 1.165) is 5.56 Å². The van der Waals surface area contributed by atoms with E-state index >= 15 is 8.78 Å². The molecule has 9 nitrogen and oxygen atoms in total. The Balaban J connectivity index is 1.49. The highest BCUT2D eigenvalue weighted by Gasteiger charge is 2.33. The quantitative estimate of drug-likeness (QED) is 0.372. The van der Waals surface area contributed by atoms with Gasteiger partial charge in [0, 0.05) is 44.5 Å². The molecule has 5 N–H and O–H groups in total. The molecule has 1 aliphatic carbocycles. The van der Waals surface area contributed by atoms with Crippen LogP contribution in [0.1, 0.15) is 24.4 Å². The summed E-state index contributed by atoms with van der Waals surface area (Å²) in [5.41, 5.74) is 11.6. The summed E-state index contributed by atoms with van der Waals surface area (Å²) >= 11 is 0. The van der Waals surface area contributed by atoms with Crippen molar-refractivity contribution in [3.05, 3.63) is 57.9 Å². The summed E-state index contributed by atoms with van der Waals surface area (Å²) in [5.74, 6) is -2.45. The van der Waals surface area contributed by atoms with Gasteiger partial charge in [0.15, 0.2) is 17.4 Å². The number of nitrogen functional groups attached to an aromatic ring is 2. The minimum atomic E-state index is -1.70. The molecule has 1 aromatic heterocycles. The number of ether oxygens (including phenoxy) is 1. The number of hydrogen-bond acceptors (Lipinski definition) is 7. The first-order chi connectivity index (χ1) is 16.7. The van der Waals surface area contributed by atoms with Gasteiger partial charge in [0.1, 0.15) is 5.69 Å². The lowest BCUT2D eigenvalue weighted by atomic mass is 10.1. The highest BCUT2D eigenvalue weighted by atomic mass is 19.1. The predicted octanol–water partition coefficient (Wildman–Crippen LogP) is 3.16. The first kappa shape index (κ1) is 22.9. The van der Waals surface area contributed by atoms with Gasteiger partial charge in [0.25, 0.3) is 0 Å². The van der Waals surface area contributed by atoms with Gasteiger partial charge in [-0.25, -0.2) is 13.6 Å². The number of anilines is 3. The second-order valence-corrected chi connectivity index (χ2v) is 8.95. The fourth-order valence-electron chi connectivity index (χ4n) is 4.62. The molecule has 0 unspecified atom stereocenters. The third kappa shape index (κ3) is 4.23. The third-order valence-corrected chi connectivity index (χ3v) is 6.54. The largest absolute Gasteiger partial charge is 0.511 e. The van der Waals surface area contributed by atoms with Gasteiger partial charge in [-0.15, -0.1) is 0 Å². The Morgan fingerprint density at radius 3 is 2.31 bits per heavy atom. The fourth-order valence-corrected chi connectivity index (χ4v) is 4.62. The van der Waals surface area contributed by atoms with Gasteiger partial charge in [-0.2, -0.15) is 0 Å². The molecule has 0 bridgehead atoms. The second-order valence-electron chi connectivity index (χ2n) is 8.95. The summed E-state index contributed by atoms with van der Waals surface area (Å²) in [7, 11) is 0. The molecule has 5 rings (SSSR count). The summed E-state index contributed by atoms with van der Waals surface area (Å²) in [6, 6.07) is 7.41. The Hall–Kier alpha value is -3.86. The maximum atomic E-state index is 15.9. The molecule has 2 fully saturated rings. The molecule has 2 aliphatic rings. The highest BCUT2D eigenvalue weighted by Crippen LogP contribution is 2.42. The van der Waals surface area contributed by atoms with Gasteiger partial charge in [-0.3, -0.25) is 9.69 Å². The normalized spacial score (nSPS) is 16.6. The first-order valence-corrected chi connectivity index (χ1v) is 11.3. The molecule has 1 saturated heterocycles. The Morgan fingerprint density at radius 1 is 1.06 bits per heavy atom. The van der Waals surface area contributed by atoms with Gasteiger partial charge in [0.2, 0.25) is 5.43 Å². The molecule has 1 saturated carbocycles. The summed E-state index contributed by atoms with van der Waals surface area (Å²) in [6.07, 6.45) is 0.892. The van der Waals surface area contributed by atoms with Gasteiger partial charge >= 0.3 is 6.16 Å². The van der Waals surface area contributed by atoms with Gasteiger partial charge < -0.3 is 30.8 Å². The van der Waals surface area contributed by atoms with E-state index in [1.54, 1.807) is 4.90 Å². The van der Waals surface area contributed by atoms with Crippen LogP contribution in [0.4, 0.5) is 30.6 Å². The maximum Gasteiger partial charge on any atom is 0.511 e. The monoisotopic (exact) mass is 485 g/mol. The molecular weight excluding hydrogens is 460 g/mol. The molecule has 184 valence electrons. The van der Waals surface area contributed by atoms with Crippen LogP contribution in [-0.2, 0) is 6.54 Å². The van der Waals surface area contributed by atoms with Crippen molar-refractivity contribution in [3.8, 4) is 5.75 Å². The Morgan fingerprint density at radius 2 is 1.71 bits per heavy atom. The van der Waals surface area contributed by atoms with Crippen LogP contribution in [0.2, 0.25) is 0 Å². The van der Waals surface area contributed by atoms with E-state index in [9.17, 15) is 9.59 Å². The molecule has 2 heterocycles. The average molecular weight is 485 g/mol. The van der Waals surface area contributed by atoms with Crippen LogP contribution in [0.15, 0.2) is 35.3 Å². The van der Waals surface area contributed by atoms with E-state index in [2.05, 4.69) is 9.64 Å². The van der Waals surface area contributed by atoms with Crippen molar-refractivity contribution in [1.82, 2.24) is 9.47 Å². The maximum absolute atomic E-state index is 15.9. The number of aromatic nitrogens is 1. The van der Waals surface area contributed by atoms with Crippen molar-refractivity contribution in [2.45, 2.75) is 25.4 Å². The Labute approximate surface area is 199 Å². The van der Waals surface area contributed by atoms with Crippen LogP contribution in [-0.4, -0.2) is 46.9 Å². The van der Waals surface area contributed by atoms with Crippen molar-refractivity contribution in [3.63, 3.8) is 0 Å². The van der Waals surface area contributed by atoms with E-state index in [4.69, 9.17) is 16.6 Å². The number of carbonyl (C=O) groups is 1. The molecule has 1 aliphatic heterocycles. The zero-order valence-electron chi connectivity index (χ0n) is 18.8. The van der Waals surface area contributed by atoms with Crippen LogP contribution >= 0.6 is 0 Å². The smallest absolute Gasteiger partial charge is 0.449 e. The SMILES string of the molecule is Nc1ccc(CN2CCN(c3c(F)c(N)c4c(=O)c(OC(=O)O)cn(C5CC5)c4c3F)CC2)cc1. The van der Waals surface area contributed by atoms with Gasteiger partial charge in [0.05, 0.1) is 22.8 Å². The Kier molecular flexibility index (Phi) is 5.72. The van der Waals surface area contributed by atoms with Crippen molar-refractivity contribution in [1.29, 1.82) is 0 Å². The summed E-state index contributed by atoms with van der Waals surface area (Å²) in [4.78, 5) is 27.7. The number of halogens is 2. The molecule has 11 heteroatoms. The van der Waals surface area contributed by atoms with E-state index < -0.39 is 40.0 Å². The molecule has 35 heavy (non-hydrogen) atoms. The number of nitrogens with two attached hydrogens (primary N) is 2. The van der Waals surface area contributed by atoms with Crippen LogP contribution in [0.5, 0.6) is 5.75 Å². The molecule has 0 amide bonds. The zero-order chi connectivity index (χ0) is 24.9. The lowest BCUT2D eigenvalue weighted by molar-refractivity contribution is 0.143. The van der Waals surface area contributed by atoms with E-state index in [-0.39, 0.29) is 17.2 Å². The van der Waals surface area contributed by atoms with Crippen LogP contribution in [0.25, 0.3) is 10.9 Å². The van der Waals surface area contributed by atoms with E-state index in [0.29, 0.717) is 51.3 Å². The second kappa shape index (κ2) is 8.73. The lowest BCUT2D eigenvalue weighted by Gasteiger charge is -2.36. The number of nitrogens with zero attached hydrogens (tertiary/aromatic N) is 3. The van der Waals surface area contributed by atoms with Crippen molar-refractivity contribution in [2.24, 2.45) is 0 Å². The standard InChI is InChI=1S/C24H25F2N5O4/c25-18-20(28)17-21(31(15-5-6-15)12-16(23(17)32)35-24(33)34)19(26)22(18)30-9-7-29(8-10-30)11-13-1-3-14(27)4-2-13/h1-4,12,15H,5-11,27-28H2,(H,33,34). The van der Waals surface area contributed by atoms with Gasteiger partial charge in [-0.1, -0.05) is 12.1 Å². The molecule has 3 aromatic rings. The minimum absolute atomic E-state index is 0.131. The summed E-state index contributed by atoms with van der Waals surface area (Å²) in [5, 5.41) is 8.56. The van der Waals surface area contributed by atoms with Crippen molar-refractivity contribution < 1.29 is 23.4 Å². The topological polar surface area (TPSA) is 127 Å². The number of pyridine rings is 1.